The van der Waals surface area contributed by atoms with Gasteiger partial charge in [0.2, 0.25) is 5.91 Å². The maximum Gasteiger partial charge on any atom is 0.308 e. The number of carbonyl (C=O) groups excluding carboxylic acids is 1. The number of nitrogens with zero attached hydrogens (tertiary/aromatic N) is 3. The summed E-state index contributed by atoms with van der Waals surface area (Å²) < 4.78 is 0. The largest absolute Gasteiger partial charge is 0.481 e. The molecule has 1 unspecified atom stereocenters. The Labute approximate surface area is 104 Å². The van der Waals surface area contributed by atoms with Crippen LogP contribution < -0.4 is 4.90 Å². The smallest absolute Gasteiger partial charge is 0.308 e. The van der Waals surface area contributed by atoms with Crippen molar-refractivity contribution in [3.63, 3.8) is 0 Å². The maximum atomic E-state index is 11.7. The first-order chi connectivity index (χ1) is 8.65. The molecule has 1 aromatic rings. The summed E-state index contributed by atoms with van der Waals surface area (Å²) >= 11 is 0. The van der Waals surface area contributed by atoms with Gasteiger partial charge in [-0.25, -0.2) is 9.97 Å². The number of hydrogen-bond acceptors (Lipinski definition) is 4. The quantitative estimate of drug-likeness (QED) is 0.853. The third-order valence-corrected chi connectivity index (χ3v) is 3.39. The second-order valence-corrected chi connectivity index (χ2v) is 4.82. The van der Waals surface area contributed by atoms with Gasteiger partial charge in [-0.15, -0.1) is 0 Å². The lowest BCUT2D eigenvalue weighted by atomic mass is 10.1. The molecule has 0 spiro atoms. The van der Waals surface area contributed by atoms with Gasteiger partial charge in [0.25, 0.3) is 0 Å². The summed E-state index contributed by atoms with van der Waals surface area (Å²) in [6, 6.07) is 0. The molecule has 1 saturated heterocycles. The van der Waals surface area contributed by atoms with Gasteiger partial charge in [-0.3, -0.25) is 9.59 Å². The molecule has 94 valence electrons. The predicted molar refractivity (Wildman–Crippen MR) is 62.1 cm³/mol. The summed E-state index contributed by atoms with van der Waals surface area (Å²) in [5, 5.41) is 8.91. The number of rotatable bonds is 3. The molecule has 2 heterocycles. The molecular weight excluding hydrogens is 234 g/mol. The van der Waals surface area contributed by atoms with Crippen LogP contribution >= 0.6 is 0 Å². The standard InChI is InChI=1S/C12H13N3O3/c16-10-3-8(12(17)18)6-15(10)9-4-13-11(14-5-9)7-1-2-7/h4-5,7-8H,1-3,6H2,(H,17,18). The Hall–Kier alpha value is -1.98. The van der Waals surface area contributed by atoms with Crippen LogP contribution in [0.15, 0.2) is 12.4 Å². The average molecular weight is 247 g/mol. The minimum Gasteiger partial charge on any atom is -0.481 e. The zero-order valence-electron chi connectivity index (χ0n) is 9.74. The summed E-state index contributed by atoms with van der Waals surface area (Å²) in [5.74, 6) is -0.438. The van der Waals surface area contributed by atoms with Crippen molar-refractivity contribution in [1.29, 1.82) is 0 Å². The molecule has 2 fully saturated rings. The Morgan fingerprint density at radius 2 is 2.00 bits per heavy atom. The highest BCUT2D eigenvalue weighted by molar-refractivity contribution is 5.98. The van der Waals surface area contributed by atoms with E-state index in [1.165, 1.54) is 4.90 Å². The first-order valence-electron chi connectivity index (χ1n) is 6.00. The first kappa shape index (κ1) is 11.1. The second-order valence-electron chi connectivity index (χ2n) is 4.82. The molecule has 1 atom stereocenters. The molecule has 6 heteroatoms. The van der Waals surface area contributed by atoms with Crippen LogP contribution in [0.4, 0.5) is 5.69 Å². The van der Waals surface area contributed by atoms with Crippen molar-refractivity contribution in [3.8, 4) is 0 Å². The van der Waals surface area contributed by atoms with Crippen molar-refractivity contribution < 1.29 is 14.7 Å². The Bertz CT molecular complexity index is 496. The van der Waals surface area contributed by atoms with Crippen molar-refractivity contribution in [1.82, 2.24) is 9.97 Å². The molecule has 1 N–H and O–H groups in total. The number of carbonyl (C=O) groups is 2. The van der Waals surface area contributed by atoms with Gasteiger partial charge in [-0.05, 0) is 12.8 Å². The van der Waals surface area contributed by atoms with Gasteiger partial charge in [0.05, 0.1) is 24.0 Å². The molecule has 0 bridgehead atoms. The van der Waals surface area contributed by atoms with Gasteiger partial charge >= 0.3 is 5.97 Å². The van der Waals surface area contributed by atoms with Crippen LogP contribution in [0.25, 0.3) is 0 Å². The summed E-state index contributed by atoms with van der Waals surface area (Å²) in [6.45, 7) is 0.209. The number of amides is 1. The molecule has 1 amide bonds. The lowest BCUT2D eigenvalue weighted by Gasteiger charge is -2.15. The van der Waals surface area contributed by atoms with Crippen molar-refractivity contribution >= 4 is 17.6 Å². The minimum atomic E-state index is -0.929. The molecule has 2 aliphatic rings. The number of anilines is 1. The highest BCUT2D eigenvalue weighted by atomic mass is 16.4. The SMILES string of the molecule is O=C(O)C1CC(=O)N(c2cnc(C3CC3)nc2)C1. The summed E-state index contributed by atoms with van der Waals surface area (Å²) in [6.07, 6.45) is 5.54. The summed E-state index contributed by atoms with van der Waals surface area (Å²) in [7, 11) is 0. The fourth-order valence-corrected chi connectivity index (χ4v) is 2.15. The summed E-state index contributed by atoms with van der Waals surface area (Å²) in [5.41, 5.74) is 0.591. The number of aromatic nitrogens is 2. The van der Waals surface area contributed by atoms with E-state index in [0.717, 1.165) is 18.7 Å². The van der Waals surface area contributed by atoms with Crippen LogP contribution in [0.5, 0.6) is 0 Å². The van der Waals surface area contributed by atoms with E-state index in [1.54, 1.807) is 12.4 Å². The zero-order chi connectivity index (χ0) is 12.7. The molecule has 18 heavy (non-hydrogen) atoms. The normalized spacial score (nSPS) is 23.4. The van der Waals surface area contributed by atoms with Crippen molar-refractivity contribution in [3.05, 3.63) is 18.2 Å². The van der Waals surface area contributed by atoms with Gasteiger partial charge in [0, 0.05) is 18.9 Å². The fourth-order valence-electron chi connectivity index (χ4n) is 2.15. The van der Waals surface area contributed by atoms with E-state index < -0.39 is 11.9 Å². The number of carboxylic acid groups (broad SMARTS) is 1. The zero-order valence-corrected chi connectivity index (χ0v) is 9.74. The maximum absolute atomic E-state index is 11.7. The van der Waals surface area contributed by atoms with E-state index in [2.05, 4.69) is 9.97 Å². The Morgan fingerprint density at radius 3 is 2.50 bits per heavy atom. The van der Waals surface area contributed by atoms with Gasteiger partial charge in [-0.1, -0.05) is 0 Å². The number of hydrogen-bond donors (Lipinski definition) is 1. The number of aliphatic carboxylic acids is 1. The minimum absolute atomic E-state index is 0.0553. The molecular formula is C12H13N3O3. The van der Waals surface area contributed by atoms with E-state index in [4.69, 9.17) is 5.11 Å². The second kappa shape index (κ2) is 4.04. The lowest BCUT2D eigenvalue weighted by molar-refractivity contribution is -0.141. The third kappa shape index (κ3) is 1.94. The van der Waals surface area contributed by atoms with Gasteiger partial charge in [0.1, 0.15) is 5.82 Å². The highest BCUT2D eigenvalue weighted by Gasteiger charge is 2.35. The Morgan fingerprint density at radius 1 is 1.33 bits per heavy atom. The van der Waals surface area contributed by atoms with E-state index >= 15 is 0 Å². The summed E-state index contributed by atoms with van der Waals surface area (Å²) in [4.78, 5) is 32.5. The average Bonchev–Trinajstić information content (AvgIpc) is 3.13. The van der Waals surface area contributed by atoms with Crippen LogP contribution in [-0.2, 0) is 9.59 Å². The molecule has 1 aliphatic heterocycles. The molecule has 1 saturated carbocycles. The van der Waals surface area contributed by atoms with Crippen LogP contribution in [-0.4, -0.2) is 33.5 Å². The van der Waals surface area contributed by atoms with E-state index in [-0.39, 0.29) is 18.9 Å². The van der Waals surface area contributed by atoms with E-state index in [9.17, 15) is 9.59 Å². The molecule has 0 aromatic carbocycles. The predicted octanol–water partition coefficient (Wildman–Crippen LogP) is 0.792. The van der Waals surface area contributed by atoms with E-state index in [0.29, 0.717) is 11.6 Å². The number of carboxylic acids is 1. The molecule has 3 rings (SSSR count). The van der Waals surface area contributed by atoms with Crippen LogP contribution in [0.2, 0.25) is 0 Å². The van der Waals surface area contributed by atoms with Crippen molar-refractivity contribution in [2.45, 2.75) is 25.2 Å². The molecule has 6 nitrogen and oxygen atoms in total. The monoisotopic (exact) mass is 247 g/mol. The third-order valence-electron chi connectivity index (χ3n) is 3.39. The van der Waals surface area contributed by atoms with Crippen molar-refractivity contribution in [2.75, 3.05) is 11.4 Å². The lowest BCUT2D eigenvalue weighted by Crippen LogP contribution is -2.26. The van der Waals surface area contributed by atoms with E-state index in [1.807, 2.05) is 0 Å². The highest BCUT2D eigenvalue weighted by Crippen LogP contribution is 2.38. The van der Waals surface area contributed by atoms with Crippen LogP contribution in [0.3, 0.4) is 0 Å². The van der Waals surface area contributed by atoms with Gasteiger partial charge in [-0.2, -0.15) is 0 Å². The van der Waals surface area contributed by atoms with Crippen LogP contribution in [0, 0.1) is 5.92 Å². The Kier molecular flexibility index (Phi) is 2.50. The van der Waals surface area contributed by atoms with Crippen molar-refractivity contribution in [2.24, 2.45) is 5.92 Å². The topological polar surface area (TPSA) is 83.4 Å². The molecule has 0 radical (unpaired) electrons. The van der Waals surface area contributed by atoms with Gasteiger partial charge < -0.3 is 10.0 Å². The molecule has 1 aromatic heterocycles. The van der Waals surface area contributed by atoms with Gasteiger partial charge in [0.15, 0.2) is 0 Å². The Balaban J connectivity index is 1.77. The first-order valence-corrected chi connectivity index (χ1v) is 6.00. The fraction of sp³-hybridized carbons (Fsp3) is 0.500. The van der Waals surface area contributed by atoms with Crippen LogP contribution in [0.1, 0.15) is 31.0 Å². The molecule has 1 aliphatic carbocycles.